The molecular formula is C31H27NO3. The molecular weight excluding hydrogens is 434 g/mol. The Balaban J connectivity index is 1.56. The summed E-state index contributed by atoms with van der Waals surface area (Å²) in [4.78, 5) is 15.6. The van der Waals surface area contributed by atoms with Gasteiger partial charge in [-0.1, -0.05) is 104 Å². The third-order valence-electron chi connectivity index (χ3n) is 6.24. The van der Waals surface area contributed by atoms with Crippen LogP contribution in [0.25, 0.3) is 0 Å². The largest absolute Gasteiger partial charge is 0.490 e. The molecule has 0 aromatic heterocycles. The van der Waals surface area contributed by atoms with Gasteiger partial charge in [-0.3, -0.25) is 9.69 Å². The smallest absolute Gasteiger partial charge is 0.257 e. The molecule has 1 unspecified atom stereocenters. The van der Waals surface area contributed by atoms with Gasteiger partial charge in [-0.05, 0) is 29.3 Å². The van der Waals surface area contributed by atoms with Gasteiger partial charge in [-0.15, -0.1) is 0 Å². The molecule has 174 valence electrons. The maximum absolute atomic E-state index is 13.8. The number of carbonyl (C=O) groups excluding carboxylic acids is 1. The van der Waals surface area contributed by atoms with E-state index in [1.807, 2.05) is 114 Å². The van der Waals surface area contributed by atoms with Gasteiger partial charge in [0.1, 0.15) is 12.4 Å². The molecule has 0 spiro atoms. The van der Waals surface area contributed by atoms with Crippen LogP contribution in [0.15, 0.2) is 122 Å². The first-order chi connectivity index (χ1) is 17.2. The number of hydrogen-bond acceptors (Lipinski definition) is 3. The lowest BCUT2D eigenvalue weighted by Gasteiger charge is -2.39. The Morgan fingerprint density at radius 3 is 2.14 bits per heavy atom. The molecule has 4 nitrogen and oxygen atoms in total. The second kappa shape index (κ2) is 10.00. The van der Waals surface area contributed by atoms with Crippen molar-refractivity contribution in [1.82, 2.24) is 4.90 Å². The van der Waals surface area contributed by atoms with Crippen LogP contribution in [-0.4, -0.2) is 17.4 Å². The van der Waals surface area contributed by atoms with E-state index in [1.165, 1.54) is 0 Å². The van der Waals surface area contributed by atoms with Crippen LogP contribution in [0.2, 0.25) is 0 Å². The van der Waals surface area contributed by atoms with E-state index in [-0.39, 0.29) is 5.91 Å². The van der Waals surface area contributed by atoms with E-state index in [2.05, 4.69) is 6.58 Å². The van der Waals surface area contributed by atoms with Crippen LogP contribution in [0.4, 0.5) is 0 Å². The Labute approximate surface area is 206 Å². The Kier molecular flexibility index (Phi) is 6.47. The lowest BCUT2D eigenvalue weighted by atomic mass is 9.93. The molecule has 4 aromatic carbocycles. The lowest BCUT2D eigenvalue weighted by Crippen LogP contribution is -2.46. The SMILES string of the molecule is C=CCOc1ccc(COC2(c3ccccc3)c3ccccc3C(=O)N2Cc2ccccc2)cc1. The third kappa shape index (κ3) is 4.36. The molecule has 35 heavy (non-hydrogen) atoms. The Morgan fingerprint density at radius 2 is 1.43 bits per heavy atom. The van der Waals surface area contributed by atoms with E-state index in [0.29, 0.717) is 25.3 Å². The molecule has 1 amide bonds. The highest BCUT2D eigenvalue weighted by Crippen LogP contribution is 2.46. The number of amides is 1. The van der Waals surface area contributed by atoms with Crippen molar-refractivity contribution in [2.75, 3.05) is 6.61 Å². The number of ether oxygens (including phenoxy) is 2. The molecule has 5 rings (SSSR count). The van der Waals surface area contributed by atoms with E-state index >= 15 is 0 Å². The molecule has 0 saturated heterocycles. The Hall–Kier alpha value is -4.15. The van der Waals surface area contributed by atoms with Crippen LogP contribution in [0, 0.1) is 0 Å². The Morgan fingerprint density at radius 1 is 0.771 bits per heavy atom. The highest BCUT2D eigenvalue weighted by molar-refractivity contribution is 6.00. The number of nitrogens with zero attached hydrogens (tertiary/aromatic N) is 1. The van der Waals surface area contributed by atoms with Crippen LogP contribution in [0.5, 0.6) is 5.75 Å². The van der Waals surface area contributed by atoms with Gasteiger partial charge in [0.15, 0.2) is 5.72 Å². The molecule has 0 bridgehead atoms. The summed E-state index contributed by atoms with van der Waals surface area (Å²) in [6, 6.07) is 35.6. The third-order valence-corrected chi connectivity index (χ3v) is 6.24. The van der Waals surface area contributed by atoms with Crippen LogP contribution in [-0.2, 0) is 23.6 Å². The van der Waals surface area contributed by atoms with Crippen LogP contribution in [0.3, 0.4) is 0 Å². The van der Waals surface area contributed by atoms with Gasteiger partial charge < -0.3 is 9.47 Å². The van der Waals surface area contributed by atoms with Crippen molar-refractivity contribution in [2.45, 2.75) is 18.9 Å². The number of hydrogen-bond donors (Lipinski definition) is 0. The predicted molar refractivity (Wildman–Crippen MR) is 137 cm³/mol. The van der Waals surface area contributed by atoms with Crippen LogP contribution in [0.1, 0.15) is 32.6 Å². The normalized spacial score (nSPS) is 16.7. The standard InChI is InChI=1S/C31H27NO3/c1-2-21-34-27-19-17-25(18-20-27)23-35-31(26-13-7-4-8-14-26)29-16-10-9-15-28(29)30(33)32(31)22-24-11-5-3-6-12-24/h2-20H,1,21-23H2. The van der Waals surface area contributed by atoms with Gasteiger partial charge >= 0.3 is 0 Å². The van der Waals surface area contributed by atoms with Crippen molar-refractivity contribution in [1.29, 1.82) is 0 Å². The van der Waals surface area contributed by atoms with Gasteiger partial charge in [0.25, 0.3) is 5.91 Å². The van der Waals surface area contributed by atoms with Crippen molar-refractivity contribution < 1.29 is 14.3 Å². The zero-order valence-corrected chi connectivity index (χ0v) is 19.5. The summed E-state index contributed by atoms with van der Waals surface area (Å²) in [6.07, 6.45) is 1.72. The fraction of sp³-hybridized carbons (Fsp3) is 0.129. The monoisotopic (exact) mass is 461 g/mol. The van der Waals surface area contributed by atoms with E-state index in [1.54, 1.807) is 6.08 Å². The zero-order valence-electron chi connectivity index (χ0n) is 19.5. The molecule has 0 radical (unpaired) electrons. The molecule has 4 heteroatoms. The van der Waals surface area contributed by atoms with Gasteiger partial charge in [-0.2, -0.15) is 0 Å². The molecule has 1 aliphatic rings. The highest BCUT2D eigenvalue weighted by atomic mass is 16.5. The fourth-order valence-electron chi connectivity index (χ4n) is 4.59. The highest BCUT2D eigenvalue weighted by Gasteiger charge is 2.52. The fourth-order valence-corrected chi connectivity index (χ4v) is 4.59. The molecule has 4 aromatic rings. The maximum Gasteiger partial charge on any atom is 0.257 e. The predicted octanol–water partition coefficient (Wildman–Crippen LogP) is 6.33. The van der Waals surface area contributed by atoms with Gasteiger partial charge in [0.2, 0.25) is 0 Å². The summed E-state index contributed by atoms with van der Waals surface area (Å²) in [5.74, 6) is 0.736. The summed E-state index contributed by atoms with van der Waals surface area (Å²) in [5.41, 5.74) is 3.42. The molecule has 0 N–H and O–H groups in total. The first kappa shape index (κ1) is 22.6. The van der Waals surface area contributed by atoms with E-state index < -0.39 is 5.72 Å². The second-order valence-corrected chi connectivity index (χ2v) is 8.46. The van der Waals surface area contributed by atoms with Crippen molar-refractivity contribution in [3.63, 3.8) is 0 Å². The average Bonchev–Trinajstić information content (AvgIpc) is 3.16. The van der Waals surface area contributed by atoms with Crippen molar-refractivity contribution in [3.05, 3.63) is 150 Å². The lowest BCUT2D eigenvalue weighted by molar-refractivity contribution is -0.120. The van der Waals surface area contributed by atoms with Crippen molar-refractivity contribution >= 4 is 5.91 Å². The second-order valence-electron chi connectivity index (χ2n) is 8.46. The van der Waals surface area contributed by atoms with Crippen molar-refractivity contribution in [3.8, 4) is 5.75 Å². The first-order valence-electron chi connectivity index (χ1n) is 11.7. The van der Waals surface area contributed by atoms with Gasteiger partial charge in [-0.25, -0.2) is 0 Å². The van der Waals surface area contributed by atoms with E-state index in [0.717, 1.165) is 28.0 Å². The summed E-state index contributed by atoms with van der Waals surface area (Å²) < 4.78 is 12.4. The minimum Gasteiger partial charge on any atom is -0.490 e. The Bertz CT molecular complexity index is 1300. The molecule has 0 fully saturated rings. The van der Waals surface area contributed by atoms with E-state index in [9.17, 15) is 4.79 Å². The van der Waals surface area contributed by atoms with Gasteiger partial charge in [0.05, 0.1) is 6.61 Å². The summed E-state index contributed by atoms with van der Waals surface area (Å²) in [7, 11) is 0. The summed E-state index contributed by atoms with van der Waals surface area (Å²) >= 11 is 0. The molecule has 0 saturated carbocycles. The molecule has 1 heterocycles. The quantitative estimate of drug-likeness (QED) is 0.274. The maximum atomic E-state index is 13.8. The number of fused-ring (bicyclic) bond motifs is 1. The summed E-state index contributed by atoms with van der Waals surface area (Å²) in [6.45, 7) is 4.90. The number of benzene rings is 4. The number of carbonyl (C=O) groups is 1. The molecule has 1 aliphatic heterocycles. The van der Waals surface area contributed by atoms with Crippen LogP contribution >= 0.6 is 0 Å². The molecule has 1 atom stereocenters. The average molecular weight is 462 g/mol. The van der Waals surface area contributed by atoms with Gasteiger partial charge in [0, 0.05) is 23.2 Å². The van der Waals surface area contributed by atoms with Crippen LogP contribution < -0.4 is 4.74 Å². The number of rotatable bonds is 9. The first-order valence-corrected chi connectivity index (χ1v) is 11.7. The van der Waals surface area contributed by atoms with E-state index in [4.69, 9.17) is 9.47 Å². The minimum absolute atomic E-state index is 0.0403. The molecule has 0 aliphatic carbocycles. The zero-order chi connectivity index (χ0) is 24.1. The summed E-state index contributed by atoms with van der Waals surface area (Å²) in [5, 5.41) is 0. The van der Waals surface area contributed by atoms with Crippen molar-refractivity contribution in [2.24, 2.45) is 0 Å². The topological polar surface area (TPSA) is 38.8 Å². The minimum atomic E-state index is -1.05.